The molecule has 1 fully saturated rings. The number of esters is 1. The van der Waals surface area contributed by atoms with Crippen LogP contribution in [0.1, 0.15) is 46.0 Å². The highest BCUT2D eigenvalue weighted by molar-refractivity contribution is 5.66. The minimum atomic E-state index is -0.232. The summed E-state index contributed by atoms with van der Waals surface area (Å²) in [4.78, 5) is 10.6. The molecule has 0 aromatic heterocycles. The molecule has 14 heavy (non-hydrogen) atoms. The molecule has 1 rings (SSSR count). The summed E-state index contributed by atoms with van der Waals surface area (Å²) >= 11 is 0. The molecule has 1 aliphatic rings. The molecule has 0 amide bonds. The van der Waals surface area contributed by atoms with Gasteiger partial charge in [0.1, 0.15) is 6.10 Å². The van der Waals surface area contributed by atoms with Crippen molar-refractivity contribution in [2.24, 2.45) is 0 Å². The molecule has 1 saturated carbocycles. The second-order valence-corrected chi connectivity index (χ2v) is 3.79. The van der Waals surface area contributed by atoms with Crippen LogP contribution < -0.4 is 0 Å². The molecule has 0 aromatic carbocycles. The van der Waals surface area contributed by atoms with E-state index in [1.165, 1.54) is 31.8 Å². The molecule has 0 aliphatic heterocycles. The minimum Gasteiger partial charge on any atom is -0.458 e. The Morgan fingerprint density at radius 3 is 2.64 bits per heavy atom. The molecular weight excluding hydrogens is 176 g/mol. The molecule has 0 spiro atoms. The van der Waals surface area contributed by atoms with Gasteiger partial charge in [-0.3, -0.25) is 4.79 Å². The second-order valence-electron chi connectivity index (χ2n) is 3.79. The van der Waals surface area contributed by atoms with Crippen LogP contribution in [-0.4, -0.2) is 12.1 Å². The number of hydrogen-bond donors (Lipinski definition) is 0. The van der Waals surface area contributed by atoms with Gasteiger partial charge >= 0.3 is 5.97 Å². The van der Waals surface area contributed by atoms with Gasteiger partial charge in [-0.15, -0.1) is 5.73 Å². The van der Waals surface area contributed by atoms with Gasteiger partial charge in [0.25, 0.3) is 0 Å². The van der Waals surface area contributed by atoms with Crippen LogP contribution in [0.4, 0.5) is 0 Å². The minimum absolute atomic E-state index is 0.151. The van der Waals surface area contributed by atoms with Crippen LogP contribution in [-0.2, 0) is 9.53 Å². The molecule has 1 unspecified atom stereocenters. The zero-order valence-electron chi connectivity index (χ0n) is 9.01. The molecule has 1 aliphatic carbocycles. The highest BCUT2D eigenvalue weighted by Gasteiger charge is 2.04. The summed E-state index contributed by atoms with van der Waals surface area (Å²) in [6, 6.07) is 0. The zero-order chi connectivity index (χ0) is 10.4. The van der Waals surface area contributed by atoms with E-state index in [1.807, 2.05) is 13.0 Å². The van der Waals surface area contributed by atoms with E-state index in [-0.39, 0.29) is 12.1 Å². The largest absolute Gasteiger partial charge is 0.458 e. The van der Waals surface area contributed by atoms with E-state index in [4.69, 9.17) is 4.74 Å². The molecule has 0 radical (unpaired) electrons. The Kier molecular flexibility index (Phi) is 4.48. The first-order chi connectivity index (χ1) is 6.68. The van der Waals surface area contributed by atoms with Gasteiger partial charge in [0, 0.05) is 6.92 Å². The van der Waals surface area contributed by atoms with Gasteiger partial charge in [0.2, 0.25) is 0 Å². The third kappa shape index (κ3) is 4.29. The maximum atomic E-state index is 10.6. The lowest BCUT2D eigenvalue weighted by atomic mass is 9.95. The lowest BCUT2D eigenvalue weighted by molar-refractivity contribution is -0.143. The van der Waals surface area contributed by atoms with Gasteiger partial charge in [-0.05, 0) is 44.3 Å². The topological polar surface area (TPSA) is 26.3 Å². The molecule has 0 bridgehead atoms. The standard InChI is InChI=1S/C12H18O2/c1-10(14-11(2)13)8-9-12-6-4-3-5-7-12/h8,10H,3-7H2,1-2H3. The van der Waals surface area contributed by atoms with Crippen molar-refractivity contribution in [1.29, 1.82) is 0 Å². The van der Waals surface area contributed by atoms with Gasteiger partial charge in [-0.25, -0.2) is 0 Å². The third-order valence-corrected chi connectivity index (χ3v) is 2.33. The SMILES string of the molecule is CC(=O)OC(C)C=C=C1CCCCC1. The first kappa shape index (κ1) is 11.1. The van der Waals surface area contributed by atoms with Crippen molar-refractivity contribution < 1.29 is 9.53 Å². The quantitative estimate of drug-likeness (QED) is 0.499. The van der Waals surface area contributed by atoms with Crippen molar-refractivity contribution in [2.45, 2.75) is 52.1 Å². The number of carbonyl (C=O) groups is 1. The molecule has 0 aromatic rings. The summed E-state index contributed by atoms with van der Waals surface area (Å²) in [5.41, 5.74) is 4.61. The lowest BCUT2D eigenvalue weighted by Gasteiger charge is -2.11. The van der Waals surface area contributed by atoms with E-state index in [0.717, 1.165) is 12.8 Å². The van der Waals surface area contributed by atoms with Crippen molar-refractivity contribution in [2.75, 3.05) is 0 Å². The van der Waals surface area contributed by atoms with Gasteiger partial charge in [-0.1, -0.05) is 6.42 Å². The van der Waals surface area contributed by atoms with Gasteiger partial charge < -0.3 is 4.74 Å². The normalized spacial score (nSPS) is 18.3. The van der Waals surface area contributed by atoms with E-state index in [1.54, 1.807) is 0 Å². The lowest BCUT2D eigenvalue weighted by Crippen LogP contribution is -2.08. The molecule has 1 atom stereocenters. The molecule has 2 heteroatoms. The average molecular weight is 194 g/mol. The van der Waals surface area contributed by atoms with Crippen LogP contribution in [0.3, 0.4) is 0 Å². The van der Waals surface area contributed by atoms with Crippen molar-refractivity contribution in [3.05, 3.63) is 17.4 Å². The Hall–Kier alpha value is -1.01. The van der Waals surface area contributed by atoms with Gasteiger partial charge in [-0.2, -0.15) is 0 Å². The third-order valence-electron chi connectivity index (χ3n) is 2.33. The monoisotopic (exact) mass is 194 g/mol. The molecule has 0 saturated heterocycles. The number of carbonyl (C=O) groups excluding carboxylic acids is 1. The number of hydrogen-bond acceptors (Lipinski definition) is 2. The number of rotatable bonds is 2. The second kappa shape index (κ2) is 5.66. The van der Waals surface area contributed by atoms with Crippen molar-refractivity contribution in [3.8, 4) is 0 Å². The summed E-state index contributed by atoms with van der Waals surface area (Å²) < 4.78 is 4.97. The molecule has 78 valence electrons. The summed E-state index contributed by atoms with van der Waals surface area (Å²) in [6.07, 6.45) is 7.90. The molecular formula is C12H18O2. The van der Waals surface area contributed by atoms with Crippen LogP contribution in [0.2, 0.25) is 0 Å². The summed E-state index contributed by atoms with van der Waals surface area (Å²) in [7, 11) is 0. The molecule has 0 N–H and O–H groups in total. The Labute approximate surface area is 85.6 Å². The summed E-state index contributed by atoms with van der Waals surface area (Å²) in [5.74, 6) is -0.232. The Morgan fingerprint density at radius 2 is 2.07 bits per heavy atom. The van der Waals surface area contributed by atoms with E-state index in [2.05, 4.69) is 5.73 Å². The predicted octanol–water partition coefficient (Wildman–Crippen LogP) is 2.98. The van der Waals surface area contributed by atoms with Crippen LogP contribution >= 0.6 is 0 Å². The summed E-state index contributed by atoms with van der Waals surface area (Å²) in [6.45, 7) is 3.29. The van der Waals surface area contributed by atoms with Crippen LogP contribution in [0.25, 0.3) is 0 Å². The van der Waals surface area contributed by atoms with Crippen molar-refractivity contribution in [1.82, 2.24) is 0 Å². The maximum absolute atomic E-state index is 10.6. The van der Waals surface area contributed by atoms with E-state index in [0.29, 0.717) is 0 Å². The fourth-order valence-corrected chi connectivity index (χ4v) is 1.65. The van der Waals surface area contributed by atoms with Crippen LogP contribution in [0.15, 0.2) is 17.4 Å². The zero-order valence-corrected chi connectivity index (χ0v) is 9.01. The summed E-state index contributed by atoms with van der Waals surface area (Å²) in [5, 5.41) is 0. The molecule has 2 nitrogen and oxygen atoms in total. The highest BCUT2D eigenvalue weighted by atomic mass is 16.5. The number of ether oxygens (including phenoxy) is 1. The highest BCUT2D eigenvalue weighted by Crippen LogP contribution is 2.21. The van der Waals surface area contributed by atoms with Crippen LogP contribution in [0, 0.1) is 0 Å². The first-order valence-corrected chi connectivity index (χ1v) is 5.30. The van der Waals surface area contributed by atoms with Crippen molar-refractivity contribution in [3.63, 3.8) is 0 Å². The Bertz CT molecular complexity index is 251. The fourth-order valence-electron chi connectivity index (χ4n) is 1.65. The first-order valence-electron chi connectivity index (χ1n) is 5.30. The average Bonchev–Trinajstić information content (AvgIpc) is 2.15. The van der Waals surface area contributed by atoms with E-state index < -0.39 is 0 Å². The Balaban J connectivity index is 2.46. The van der Waals surface area contributed by atoms with Gasteiger partial charge in [0.15, 0.2) is 0 Å². The maximum Gasteiger partial charge on any atom is 0.303 e. The van der Waals surface area contributed by atoms with Gasteiger partial charge in [0.05, 0.1) is 0 Å². The Morgan fingerprint density at radius 1 is 1.43 bits per heavy atom. The van der Waals surface area contributed by atoms with E-state index in [9.17, 15) is 4.79 Å². The van der Waals surface area contributed by atoms with Crippen molar-refractivity contribution >= 4 is 5.97 Å². The molecule has 0 heterocycles. The predicted molar refractivity (Wildman–Crippen MR) is 55.9 cm³/mol. The van der Waals surface area contributed by atoms with Crippen LogP contribution in [0.5, 0.6) is 0 Å². The van der Waals surface area contributed by atoms with E-state index >= 15 is 0 Å². The fraction of sp³-hybridized carbons (Fsp3) is 0.667. The smallest absolute Gasteiger partial charge is 0.303 e.